The first-order valence-corrected chi connectivity index (χ1v) is 6.92. The van der Waals surface area contributed by atoms with Crippen LogP contribution in [-0.2, 0) is 21.4 Å². The van der Waals surface area contributed by atoms with Crippen molar-refractivity contribution in [2.45, 2.75) is 25.7 Å². The molecule has 6 heteroatoms. The number of nitro groups is 1. The maximum absolute atomic E-state index is 12.4. The number of furan rings is 1. The molecule has 0 aliphatic rings. The summed E-state index contributed by atoms with van der Waals surface area (Å²) >= 11 is 0. The SMILES string of the molecule is CCOC(=O)C(C)(Cc1ccco1)c1cccc([N+](=O)[O-])c1. The molecule has 116 valence electrons. The lowest BCUT2D eigenvalue weighted by Gasteiger charge is -2.26. The van der Waals surface area contributed by atoms with Gasteiger partial charge in [0.05, 0.1) is 23.2 Å². The zero-order valence-electron chi connectivity index (χ0n) is 12.4. The Morgan fingerprint density at radius 2 is 2.14 bits per heavy atom. The number of esters is 1. The summed E-state index contributed by atoms with van der Waals surface area (Å²) in [5, 5.41) is 11.0. The number of nitrogens with zero attached hydrogens (tertiary/aromatic N) is 1. The Kier molecular flexibility index (Phi) is 4.60. The molecule has 1 aromatic carbocycles. The molecule has 1 heterocycles. The van der Waals surface area contributed by atoms with Crippen LogP contribution in [0.5, 0.6) is 0 Å². The van der Waals surface area contributed by atoms with Gasteiger partial charge >= 0.3 is 5.97 Å². The van der Waals surface area contributed by atoms with E-state index in [0.717, 1.165) is 0 Å². The lowest BCUT2D eigenvalue weighted by Crippen LogP contribution is -2.36. The van der Waals surface area contributed by atoms with Crippen molar-refractivity contribution in [3.8, 4) is 0 Å². The van der Waals surface area contributed by atoms with Crippen molar-refractivity contribution in [2.24, 2.45) is 0 Å². The van der Waals surface area contributed by atoms with Crippen molar-refractivity contribution in [3.05, 3.63) is 64.1 Å². The quantitative estimate of drug-likeness (QED) is 0.464. The van der Waals surface area contributed by atoms with Crippen LogP contribution in [0.3, 0.4) is 0 Å². The third-order valence-corrected chi connectivity index (χ3v) is 3.53. The number of benzene rings is 1. The number of non-ortho nitro benzene ring substituents is 1. The summed E-state index contributed by atoms with van der Waals surface area (Å²) in [6, 6.07) is 9.53. The Bertz CT molecular complexity index is 665. The van der Waals surface area contributed by atoms with Gasteiger partial charge in [-0.15, -0.1) is 0 Å². The topological polar surface area (TPSA) is 82.6 Å². The average molecular weight is 303 g/mol. The summed E-state index contributed by atoms with van der Waals surface area (Å²) < 4.78 is 10.5. The zero-order valence-corrected chi connectivity index (χ0v) is 12.4. The van der Waals surface area contributed by atoms with Gasteiger partial charge in [0.1, 0.15) is 5.76 Å². The van der Waals surface area contributed by atoms with Crippen molar-refractivity contribution in [2.75, 3.05) is 6.61 Å². The van der Waals surface area contributed by atoms with Gasteiger partial charge in [0.15, 0.2) is 0 Å². The van der Waals surface area contributed by atoms with Crippen LogP contribution in [0.1, 0.15) is 25.2 Å². The van der Waals surface area contributed by atoms with Crippen LogP contribution < -0.4 is 0 Å². The Morgan fingerprint density at radius 3 is 2.73 bits per heavy atom. The second-order valence-corrected chi connectivity index (χ2v) is 5.12. The van der Waals surface area contributed by atoms with E-state index in [0.29, 0.717) is 11.3 Å². The highest BCUT2D eigenvalue weighted by Crippen LogP contribution is 2.32. The molecule has 0 bridgehead atoms. The highest BCUT2D eigenvalue weighted by atomic mass is 16.6. The molecule has 0 fully saturated rings. The molecule has 0 aliphatic heterocycles. The van der Waals surface area contributed by atoms with Crippen LogP contribution in [0, 0.1) is 10.1 Å². The van der Waals surface area contributed by atoms with Crippen LogP contribution in [0.2, 0.25) is 0 Å². The van der Waals surface area contributed by atoms with Crippen molar-refractivity contribution >= 4 is 11.7 Å². The minimum atomic E-state index is -1.06. The Labute approximate surface area is 127 Å². The van der Waals surface area contributed by atoms with E-state index in [1.54, 1.807) is 38.1 Å². The van der Waals surface area contributed by atoms with E-state index in [1.165, 1.54) is 18.4 Å². The molecule has 1 atom stereocenters. The fourth-order valence-corrected chi connectivity index (χ4v) is 2.31. The van der Waals surface area contributed by atoms with Gasteiger partial charge in [-0.2, -0.15) is 0 Å². The van der Waals surface area contributed by atoms with E-state index in [-0.39, 0.29) is 18.7 Å². The Morgan fingerprint density at radius 1 is 1.36 bits per heavy atom. The minimum Gasteiger partial charge on any atom is -0.469 e. The lowest BCUT2D eigenvalue weighted by molar-refractivity contribution is -0.384. The van der Waals surface area contributed by atoms with E-state index in [1.807, 2.05) is 0 Å². The molecule has 0 saturated heterocycles. The average Bonchev–Trinajstić information content (AvgIpc) is 3.00. The molecule has 0 saturated carbocycles. The van der Waals surface area contributed by atoms with Gasteiger partial charge < -0.3 is 9.15 Å². The van der Waals surface area contributed by atoms with Crippen molar-refractivity contribution in [3.63, 3.8) is 0 Å². The summed E-state index contributed by atoms with van der Waals surface area (Å²) in [6.07, 6.45) is 1.79. The highest BCUT2D eigenvalue weighted by Gasteiger charge is 2.38. The maximum Gasteiger partial charge on any atom is 0.316 e. The second-order valence-electron chi connectivity index (χ2n) is 5.12. The molecule has 0 amide bonds. The number of carbonyl (C=O) groups excluding carboxylic acids is 1. The fraction of sp³-hybridized carbons (Fsp3) is 0.312. The van der Waals surface area contributed by atoms with E-state index >= 15 is 0 Å². The van der Waals surface area contributed by atoms with Crippen LogP contribution in [0.15, 0.2) is 47.1 Å². The molecular formula is C16H17NO5. The van der Waals surface area contributed by atoms with Gasteiger partial charge in [-0.05, 0) is 31.5 Å². The Hall–Kier alpha value is -2.63. The van der Waals surface area contributed by atoms with E-state index in [4.69, 9.17) is 9.15 Å². The molecule has 2 rings (SSSR count). The first-order valence-electron chi connectivity index (χ1n) is 6.92. The summed E-state index contributed by atoms with van der Waals surface area (Å²) in [6.45, 7) is 3.66. The zero-order chi connectivity index (χ0) is 16.2. The van der Waals surface area contributed by atoms with Gasteiger partial charge in [-0.3, -0.25) is 14.9 Å². The molecule has 0 N–H and O–H groups in total. The number of rotatable bonds is 6. The smallest absolute Gasteiger partial charge is 0.316 e. The molecule has 1 unspecified atom stereocenters. The summed E-state index contributed by atoms with van der Waals surface area (Å²) in [4.78, 5) is 22.9. The van der Waals surface area contributed by atoms with Gasteiger partial charge in [-0.25, -0.2) is 0 Å². The molecular weight excluding hydrogens is 286 g/mol. The monoisotopic (exact) mass is 303 g/mol. The molecule has 0 spiro atoms. The van der Waals surface area contributed by atoms with E-state index in [2.05, 4.69) is 0 Å². The summed E-state index contributed by atoms with van der Waals surface area (Å²) in [7, 11) is 0. The normalized spacial score (nSPS) is 13.4. The third-order valence-electron chi connectivity index (χ3n) is 3.53. The van der Waals surface area contributed by atoms with Crippen LogP contribution >= 0.6 is 0 Å². The standard InChI is InChI=1S/C16H17NO5/c1-3-21-15(18)16(2,11-14-8-5-9-22-14)12-6-4-7-13(10-12)17(19)20/h4-10H,3,11H2,1-2H3. The molecule has 0 aliphatic carbocycles. The van der Waals surface area contributed by atoms with Crippen molar-refractivity contribution in [1.29, 1.82) is 0 Å². The molecule has 6 nitrogen and oxygen atoms in total. The minimum absolute atomic E-state index is 0.0625. The largest absolute Gasteiger partial charge is 0.469 e. The number of hydrogen-bond acceptors (Lipinski definition) is 5. The predicted octanol–water partition coefficient (Wildman–Crippen LogP) is 3.25. The number of ether oxygens (including phenoxy) is 1. The molecule has 0 radical (unpaired) electrons. The fourth-order valence-electron chi connectivity index (χ4n) is 2.31. The van der Waals surface area contributed by atoms with Crippen molar-refractivity contribution < 1.29 is 18.9 Å². The summed E-state index contributed by atoms with van der Waals surface area (Å²) in [5.74, 6) is 0.175. The van der Waals surface area contributed by atoms with Gasteiger partial charge in [0.25, 0.3) is 5.69 Å². The number of hydrogen-bond donors (Lipinski definition) is 0. The summed E-state index contributed by atoms with van der Waals surface area (Å²) in [5.41, 5.74) is -0.594. The van der Waals surface area contributed by atoms with Gasteiger partial charge in [0.2, 0.25) is 0 Å². The Balaban J connectivity index is 2.45. The second kappa shape index (κ2) is 6.43. The van der Waals surface area contributed by atoms with E-state index in [9.17, 15) is 14.9 Å². The van der Waals surface area contributed by atoms with Crippen molar-refractivity contribution in [1.82, 2.24) is 0 Å². The molecule has 22 heavy (non-hydrogen) atoms. The van der Waals surface area contributed by atoms with Crippen LogP contribution in [0.25, 0.3) is 0 Å². The maximum atomic E-state index is 12.4. The van der Waals surface area contributed by atoms with Crippen LogP contribution in [-0.4, -0.2) is 17.5 Å². The van der Waals surface area contributed by atoms with Gasteiger partial charge in [0, 0.05) is 18.6 Å². The highest BCUT2D eigenvalue weighted by molar-refractivity contribution is 5.83. The lowest BCUT2D eigenvalue weighted by atomic mass is 9.78. The van der Waals surface area contributed by atoms with Gasteiger partial charge in [-0.1, -0.05) is 12.1 Å². The number of nitro benzene ring substituents is 1. The van der Waals surface area contributed by atoms with Crippen LogP contribution in [0.4, 0.5) is 5.69 Å². The first-order chi connectivity index (χ1) is 10.5. The molecule has 1 aromatic heterocycles. The first kappa shape index (κ1) is 15.8. The molecule has 2 aromatic rings. The van der Waals surface area contributed by atoms with E-state index < -0.39 is 16.3 Å². The third kappa shape index (κ3) is 3.16. The predicted molar refractivity (Wildman–Crippen MR) is 79.5 cm³/mol. The number of carbonyl (C=O) groups is 1.